The summed E-state index contributed by atoms with van der Waals surface area (Å²) in [5, 5.41) is 12.3. The maximum absolute atomic E-state index is 13.4. The lowest BCUT2D eigenvalue weighted by Crippen LogP contribution is -2.29. The van der Waals surface area contributed by atoms with E-state index in [0.29, 0.717) is 18.5 Å². The summed E-state index contributed by atoms with van der Waals surface area (Å²) >= 11 is 0. The molecule has 1 aromatic rings. The SMILES string of the molecule is CC[C@H](O)CN[C@H](C)c1ccc(F)cc1F. The zero-order chi connectivity index (χ0) is 12.1. The van der Waals surface area contributed by atoms with Crippen LogP contribution in [0, 0.1) is 11.6 Å². The molecule has 0 saturated heterocycles. The third kappa shape index (κ3) is 3.54. The molecule has 0 aromatic heterocycles. The van der Waals surface area contributed by atoms with Crippen LogP contribution in [-0.4, -0.2) is 17.8 Å². The van der Waals surface area contributed by atoms with Crippen LogP contribution in [0.5, 0.6) is 0 Å². The van der Waals surface area contributed by atoms with Gasteiger partial charge < -0.3 is 10.4 Å². The van der Waals surface area contributed by atoms with E-state index in [1.807, 2.05) is 6.92 Å². The second kappa shape index (κ2) is 5.92. The Bertz CT molecular complexity index is 344. The van der Waals surface area contributed by atoms with Gasteiger partial charge in [0.2, 0.25) is 0 Å². The zero-order valence-corrected chi connectivity index (χ0v) is 9.50. The maximum Gasteiger partial charge on any atom is 0.130 e. The average molecular weight is 229 g/mol. The van der Waals surface area contributed by atoms with Crippen molar-refractivity contribution in [1.82, 2.24) is 5.32 Å². The number of nitrogens with one attached hydrogen (secondary N) is 1. The summed E-state index contributed by atoms with van der Waals surface area (Å²) in [6, 6.07) is 3.26. The number of rotatable bonds is 5. The molecule has 4 heteroatoms. The van der Waals surface area contributed by atoms with E-state index >= 15 is 0 Å². The Morgan fingerprint density at radius 2 is 2.06 bits per heavy atom. The number of aliphatic hydroxyl groups is 1. The van der Waals surface area contributed by atoms with Gasteiger partial charge in [0.05, 0.1) is 6.10 Å². The first-order valence-corrected chi connectivity index (χ1v) is 5.41. The van der Waals surface area contributed by atoms with E-state index in [4.69, 9.17) is 0 Å². The van der Waals surface area contributed by atoms with E-state index < -0.39 is 17.7 Å². The van der Waals surface area contributed by atoms with E-state index in [1.54, 1.807) is 6.92 Å². The summed E-state index contributed by atoms with van der Waals surface area (Å²) in [4.78, 5) is 0. The fraction of sp³-hybridized carbons (Fsp3) is 0.500. The van der Waals surface area contributed by atoms with Gasteiger partial charge in [0.1, 0.15) is 11.6 Å². The van der Waals surface area contributed by atoms with Crippen molar-refractivity contribution in [3.8, 4) is 0 Å². The first-order chi connectivity index (χ1) is 7.54. The van der Waals surface area contributed by atoms with Gasteiger partial charge in [0, 0.05) is 24.2 Å². The Hall–Kier alpha value is -1.00. The molecule has 0 saturated carbocycles. The fourth-order valence-electron chi connectivity index (χ4n) is 1.42. The summed E-state index contributed by atoms with van der Waals surface area (Å²) in [5.41, 5.74) is 0.407. The lowest BCUT2D eigenvalue weighted by Gasteiger charge is -2.17. The average Bonchev–Trinajstić information content (AvgIpc) is 2.25. The molecule has 2 N–H and O–H groups in total. The van der Waals surface area contributed by atoms with Crippen LogP contribution in [0.4, 0.5) is 8.78 Å². The largest absolute Gasteiger partial charge is 0.392 e. The van der Waals surface area contributed by atoms with E-state index in [9.17, 15) is 13.9 Å². The molecule has 0 bridgehead atoms. The normalized spacial score (nSPS) is 14.8. The quantitative estimate of drug-likeness (QED) is 0.812. The predicted octanol–water partition coefficient (Wildman–Crippen LogP) is 2.39. The molecule has 0 fully saturated rings. The van der Waals surface area contributed by atoms with Crippen LogP contribution >= 0.6 is 0 Å². The first kappa shape index (κ1) is 13.1. The highest BCUT2D eigenvalue weighted by atomic mass is 19.1. The maximum atomic E-state index is 13.4. The third-order valence-corrected chi connectivity index (χ3v) is 2.56. The van der Waals surface area contributed by atoms with Crippen molar-refractivity contribution in [3.63, 3.8) is 0 Å². The number of aliphatic hydroxyl groups excluding tert-OH is 1. The van der Waals surface area contributed by atoms with Crippen LogP contribution in [0.25, 0.3) is 0 Å². The molecule has 0 amide bonds. The minimum absolute atomic E-state index is 0.248. The van der Waals surface area contributed by atoms with Gasteiger partial charge in [-0.2, -0.15) is 0 Å². The Morgan fingerprint density at radius 3 is 2.62 bits per heavy atom. The van der Waals surface area contributed by atoms with Gasteiger partial charge in [0.25, 0.3) is 0 Å². The smallest absolute Gasteiger partial charge is 0.130 e. The molecule has 0 spiro atoms. The predicted molar refractivity (Wildman–Crippen MR) is 59.1 cm³/mol. The molecule has 2 nitrogen and oxygen atoms in total. The number of hydrogen-bond donors (Lipinski definition) is 2. The van der Waals surface area contributed by atoms with Gasteiger partial charge in [-0.05, 0) is 19.4 Å². The van der Waals surface area contributed by atoms with Gasteiger partial charge in [0.15, 0.2) is 0 Å². The van der Waals surface area contributed by atoms with Gasteiger partial charge >= 0.3 is 0 Å². The second-order valence-corrected chi connectivity index (χ2v) is 3.86. The summed E-state index contributed by atoms with van der Waals surface area (Å²) < 4.78 is 26.0. The molecule has 1 rings (SSSR count). The molecule has 16 heavy (non-hydrogen) atoms. The summed E-state index contributed by atoms with van der Waals surface area (Å²) in [7, 11) is 0. The molecule has 0 unspecified atom stereocenters. The molecule has 0 aliphatic carbocycles. The number of hydrogen-bond acceptors (Lipinski definition) is 2. The van der Waals surface area contributed by atoms with Crippen molar-refractivity contribution >= 4 is 0 Å². The number of benzene rings is 1. The Kier molecular flexibility index (Phi) is 4.83. The Labute approximate surface area is 94.3 Å². The lowest BCUT2D eigenvalue weighted by molar-refractivity contribution is 0.163. The second-order valence-electron chi connectivity index (χ2n) is 3.86. The highest BCUT2D eigenvalue weighted by molar-refractivity contribution is 5.21. The monoisotopic (exact) mass is 229 g/mol. The topological polar surface area (TPSA) is 32.3 Å². The molecular formula is C12H17F2NO. The first-order valence-electron chi connectivity index (χ1n) is 5.41. The molecule has 90 valence electrons. The van der Waals surface area contributed by atoms with Crippen LogP contribution in [0.15, 0.2) is 18.2 Å². The van der Waals surface area contributed by atoms with E-state index in [2.05, 4.69) is 5.32 Å². The third-order valence-electron chi connectivity index (χ3n) is 2.56. The van der Waals surface area contributed by atoms with Gasteiger partial charge in [-0.15, -0.1) is 0 Å². The standard InChI is InChI=1S/C12H17F2NO/c1-3-10(16)7-15-8(2)11-5-4-9(13)6-12(11)14/h4-6,8,10,15-16H,3,7H2,1-2H3/t8-,10+/m1/s1. The summed E-state index contributed by atoms with van der Waals surface area (Å²) in [6.45, 7) is 4.04. The van der Waals surface area contributed by atoms with Gasteiger partial charge in [-0.25, -0.2) is 8.78 Å². The van der Waals surface area contributed by atoms with Crippen LogP contribution < -0.4 is 5.32 Å². The lowest BCUT2D eigenvalue weighted by atomic mass is 10.1. The minimum Gasteiger partial charge on any atom is -0.392 e. The van der Waals surface area contributed by atoms with Crippen molar-refractivity contribution in [1.29, 1.82) is 0 Å². The Morgan fingerprint density at radius 1 is 1.38 bits per heavy atom. The summed E-state index contributed by atoms with van der Waals surface area (Å²) in [5.74, 6) is -1.15. The van der Waals surface area contributed by atoms with E-state index in [0.717, 1.165) is 6.07 Å². The summed E-state index contributed by atoms with van der Waals surface area (Å²) in [6.07, 6.45) is 0.206. The molecule has 0 heterocycles. The zero-order valence-electron chi connectivity index (χ0n) is 9.50. The highest BCUT2D eigenvalue weighted by Gasteiger charge is 2.12. The van der Waals surface area contributed by atoms with Crippen LogP contribution in [-0.2, 0) is 0 Å². The van der Waals surface area contributed by atoms with Crippen LogP contribution in [0.3, 0.4) is 0 Å². The highest BCUT2D eigenvalue weighted by Crippen LogP contribution is 2.17. The molecular weight excluding hydrogens is 212 g/mol. The fourth-order valence-corrected chi connectivity index (χ4v) is 1.42. The van der Waals surface area contributed by atoms with E-state index in [-0.39, 0.29) is 6.04 Å². The molecule has 0 aliphatic heterocycles. The Balaban J connectivity index is 2.62. The van der Waals surface area contributed by atoms with Crippen molar-refractivity contribution in [2.24, 2.45) is 0 Å². The van der Waals surface area contributed by atoms with E-state index in [1.165, 1.54) is 12.1 Å². The number of halogens is 2. The van der Waals surface area contributed by atoms with Crippen molar-refractivity contribution in [2.75, 3.05) is 6.54 Å². The molecule has 2 atom stereocenters. The molecule has 0 radical (unpaired) electrons. The molecule has 1 aromatic carbocycles. The van der Waals surface area contributed by atoms with Gasteiger partial charge in [-0.3, -0.25) is 0 Å². The van der Waals surface area contributed by atoms with Crippen molar-refractivity contribution in [3.05, 3.63) is 35.4 Å². The van der Waals surface area contributed by atoms with Gasteiger partial charge in [-0.1, -0.05) is 13.0 Å². The minimum atomic E-state index is -0.581. The van der Waals surface area contributed by atoms with Crippen molar-refractivity contribution < 1.29 is 13.9 Å². The van der Waals surface area contributed by atoms with Crippen LogP contribution in [0.1, 0.15) is 31.9 Å². The molecule has 0 aliphatic rings. The van der Waals surface area contributed by atoms with Crippen molar-refractivity contribution in [2.45, 2.75) is 32.4 Å². The van der Waals surface area contributed by atoms with Crippen LogP contribution in [0.2, 0.25) is 0 Å².